The molecule has 3 amide bonds. The number of anilines is 1. The molecule has 0 spiro atoms. The summed E-state index contributed by atoms with van der Waals surface area (Å²) in [5.41, 5.74) is 2.55. The Labute approximate surface area is 148 Å². The van der Waals surface area contributed by atoms with E-state index in [2.05, 4.69) is 10.6 Å². The molecule has 0 aromatic heterocycles. The molecular weight excluding hydrogens is 318 g/mol. The molecule has 6 nitrogen and oxygen atoms in total. The number of nitrogens with one attached hydrogen (secondary N) is 2. The second kappa shape index (κ2) is 8.14. The van der Waals surface area contributed by atoms with Crippen LogP contribution in [-0.4, -0.2) is 37.4 Å². The Morgan fingerprint density at radius 3 is 2.76 bits per heavy atom. The zero-order chi connectivity index (χ0) is 17.6. The van der Waals surface area contributed by atoms with E-state index < -0.39 is 0 Å². The molecule has 0 bridgehead atoms. The summed E-state index contributed by atoms with van der Waals surface area (Å²) < 4.78 is 0. The fourth-order valence-electron chi connectivity index (χ4n) is 3.63. The summed E-state index contributed by atoms with van der Waals surface area (Å²) in [6.07, 6.45) is 7.54. The average Bonchev–Trinajstić information content (AvgIpc) is 3.04. The molecular formula is C19H25N3O3. The van der Waals surface area contributed by atoms with Crippen molar-refractivity contribution in [1.29, 1.82) is 0 Å². The molecule has 1 heterocycles. The predicted octanol–water partition coefficient (Wildman–Crippen LogP) is 2.41. The summed E-state index contributed by atoms with van der Waals surface area (Å²) in [6.45, 7) is 0.994. The van der Waals surface area contributed by atoms with Crippen molar-refractivity contribution in [2.45, 2.75) is 51.0 Å². The molecule has 1 aliphatic heterocycles. The molecule has 134 valence electrons. The number of carbonyl (C=O) groups excluding carboxylic acids is 3. The number of hydrogen-bond acceptors (Lipinski definition) is 3. The van der Waals surface area contributed by atoms with Crippen LogP contribution in [0, 0.1) is 0 Å². The van der Waals surface area contributed by atoms with Crippen molar-refractivity contribution in [3.8, 4) is 0 Å². The van der Waals surface area contributed by atoms with Crippen LogP contribution >= 0.6 is 0 Å². The van der Waals surface area contributed by atoms with E-state index in [-0.39, 0.29) is 24.3 Å². The van der Waals surface area contributed by atoms with Crippen molar-refractivity contribution in [2.75, 3.05) is 18.0 Å². The smallest absolute Gasteiger partial charge is 0.315 e. The molecule has 1 aromatic carbocycles. The number of benzene rings is 1. The Morgan fingerprint density at radius 2 is 2.00 bits per heavy atom. The minimum atomic E-state index is -0.185. The third kappa shape index (κ3) is 4.38. The van der Waals surface area contributed by atoms with Gasteiger partial charge < -0.3 is 15.5 Å². The first-order valence-electron chi connectivity index (χ1n) is 9.10. The summed E-state index contributed by atoms with van der Waals surface area (Å²) in [7, 11) is 0. The third-order valence-electron chi connectivity index (χ3n) is 5.04. The summed E-state index contributed by atoms with van der Waals surface area (Å²) in [4.78, 5) is 36.8. The van der Waals surface area contributed by atoms with Gasteiger partial charge in [0, 0.05) is 36.8 Å². The van der Waals surface area contributed by atoms with Crippen LogP contribution in [0.3, 0.4) is 0 Å². The fourth-order valence-corrected chi connectivity index (χ4v) is 3.63. The van der Waals surface area contributed by atoms with E-state index in [4.69, 9.17) is 0 Å². The second-order valence-corrected chi connectivity index (χ2v) is 6.80. The van der Waals surface area contributed by atoms with Gasteiger partial charge in [0.1, 0.15) is 0 Å². The molecule has 6 heteroatoms. The molecule has 3 rings (SSSR count). The lowest BCUT2D eigenvalue weighted by molar-refractivity contribution is -0.107. The van der Waals surface area contributed by atoms with Crippen LogP contribution in [0.25, 0.3) is 0 Å². The maximum absolute atomic E-state index is 12.3. The minimum Gasteiger partial charge on any atom is -0.338 e. The van der Waals surface area contributed by atoms with Crippen LogP contribution in [0.5, 0.6) is 0 Å². The molecule has 0 unspecified atom stereocenters. The highest BCUT2D eigenvalue weighted by atomic mass is 16.2. The lowest BCUT2D eigenvalue weighted by Crippen LogP contribution is -2.43. The number of urea groups is 1. The van der Waals surface area contributed by atoms with Crippen molar-refractivity contribution in [3.05, 3.63) is 29.3 Å². The molecule has 1 aliphatic carbocycles. The van der Waals surface area contributed by atoms with Gasteiger partial charge in [0.05, 0.1) is 0 Å². The van der Waals surface area contributed by atoms with Gasteiger partial charge >= 0.3 is 6.03 Å². The highest BCUT2D eigenvalue weighted by molar-refractivity contribution is 5.97. The van der Waals surface area contributed by atoms with Gasteiger partial charge in [0.15, 0.2) is 5.78 Å². The first-order valence-corrected chi connectivity index (χ1v) is 9.10. The maximum Gasteiger partial charge on any atom is 0.315 e. The first kappa shape index (κ1) is 17.5. The van der Waals surface area contributed by atoms with Crippen molar-refractivity contribution >= 4 is 23.9 Å². The number of amides is 3. The van der Waals surface area contributed by atoms with Gasteiger partial charge in [-0.15, -0.1) is 0 Å². The lowest BCUT2D eigenvalue weighted by Gasteiger charge is -2.22. The van der Waals surface area contributed by atoms with Crippen molar-refractivity contribution < 1.29 is 14.4 Å². The topological polar surface area (TPSA) is 78.5 Å². The Hall–Kier alpha value is -2.37. The third-order valence-corrected chi connectivity index (χ3v) is 5.04. The molecule has 0 radical (unpaired) electrons. The van der Waals surface area contributed by atoms with E-state index in [1.54, 1.807) is 11.0 Å². The van der Waals surface area contributed by atoms with E-state index in [1.165, 1.54) is 19.3 Å². The van der Waals surface area contributed by atoms with Gasteiger partial charge in [-0.25, -0.2) is 4.79 Å². The molecule has 0 atom stereocenters. The SMILES string of the molecule is O=CN1CCc2cc(C(=O)CCNC(=O)NC3CCCCC3)ccc21. The number of rotatable bonds is 6. The van der Waals surface area contributed by atoms with E-state index in [0.29, 0.717) is 18.7 Å². The predicted molar refractivity (Wildman–Crippen MR) is 95.9 cm³/mol. The molecule has 2 aliphatic rings. The molecule has 0 saturated heterocycles. The summed E-state index contributed by atoms with van der Waals surface area (Å²) in [6, 6.07) is 5.53. The van der Waals surface area contributed by atoms with Gasteiger partial charge in [-0.3, -0.25) is 9.59 Å². The molecule has 2 N–H and O–H groups in total. The van der Waals surface area contributed by atoms with E-state index in [0.717, 1.165) is 36.9 Å². The number of fused-ring (bicyclic) bond motifs is 1. The number of ketones is 1. The summed E-state index contributed by atoms with van der Waals surface area (Å²) >= 11 is 0. The monoisotopic (exact) mass is 343 g/mol. The van der Waals surface area contributed by atoms with Crippen LogP contribution in [0.1, 0.15) is 54.4 Å². The van der Waals surface area contributed by atoms with E-state index in [1.807, 2.05) is 12.1 Å². The number of nitrogens with zero attached hydrogens (tertiary/aromatic N) is 1. The maximum atomic E-state index is 12.3. The van der Waals surface area contributed by atoms with Gasteiger partial charge in [0.2, 0.25) is 6.41 Å². The number of carbonyl (C=O) groups is 3. The molecule has 1 aromatic rings. The fraction of sp³-hybridized carbons (Fsp3) is 0.526. The van der Waals surface area contributed by atoms with Crippen LogP contribution in [0.2, 0.25) is 0 Å². The minimum absolute atomic E-state index is 0.00493. The molecule has 25 heavy (non-hydrogen) atoms. The van der Waals surface area contributed by atoms with Crippen molar-refractivity contribution in [1.82, 2.24) is 10.6 Å². The number of Topliss-reactive ketones (excluding diaryl/α,β-unsaturated/α-hetero) is 1. The van der Waals surface area contributed by atoms with Gasteiger partial charge in [0.25, 0.3) is 0 Å². The first-order chi connectivity index (χ1) is 12.2. The standard InChI is InChI=1S/C19H25N3O3/c23-13-22-11-9-14-12-15(6-7-17(14)22)18(24)8-10-20-19(25)21-16-4-2-1-3-5-16/h6-7,12-13,16H,1-5,8-11H2,(H2,20,21,25). The number of hydrogen-bond donors (Lipinski definition) is 2. The average molecular weight is 343 g/mol. The van der Waals surface area contributed by atoms with Gasteiger partial charge in [-0.05, 0) is 43.0 Å². The summed E-state index contributed by atoms with van der Waals surface area (Å²) in [5.74, 6) is 0.00493. The molecule has 1 fully saturated rings. The van der Waals surface area contributed by atoms with Crippen LogP contribution < -0.4 is 15.5 Å². The quantitative estimate of drug-likeness (QED) is 0.615. The zero-order valence-electron chi connectivity index (χ0n) is 14.4. The van der Waals surface area contributed by atoms with E-state index in [9.17, 15) is 14.4 Å². The Bertz CT molecular complexity index is 653. The highest BCUT2D eigenvalue weighted by Crippen LogP contribution is 2.27. The summed E-state index contributed by atoms with van der Waals surface area (Å²) in [5, 5.41) is 5.75. The normalized spacial score (nSPS) is 17.0. The zero-order valence-corrected chi connectivity index (χ0v) is 14.4. The van der Waals surface area contributed by atoms with Crippen molar-refractivity contribution in [2.24, 2.45) is 0 Å². The van der Waals surface area contributed by atoms with Crippen molar-refractivity contribution in [3.63, 3.8) is 0 Å². The van der Waals surface area contributed by atoms with Crippen LogP contribution in [-0.2, 0) is 11.2 Å². The lowest BCUT2D eigenvalue weighted by atomic mass is 9.96. The van der Waals surface area contributed by atoms with Crippen LogP contribution in [0.15, 0.2) is 18.2 Å². The highest BCUT2D eigenvalue weighted by Gasteiger charge is 2.20. The van der Waals surface area contributed by atoms with Gasteiger partial charge in [-0.1, -0.05) is 19.3 Å². The Balaban J connectivity index is 1.45. The molecule has 1 saturated carbocycles. The Kier molecular flexibility index (Phi) is 5.68. The van der Waals surface area contributed by atoms with Gasteiger partial charge in [-0.2, -0.15) is 0 Å². The van der Waals surface area contributed by atoms with Crippen LogP contribution in [0.4, 0.5) is 10.5 Å². The van der Waals surface area contributed by atoms with E-state index >= 15 is 0 Å². The Morgan fingerprint density at radius 1 is 1.20 bits per heavy atom. The second-order valence-electron chi connectivity index (χ2n) is 6.80. The largest absolute Gasteiger partial charge is 0.338 e.